The van der Waals surface area contributed by atoms with Crippen molar-refractivity contribution < 1.29 is 4.79 Å². The van der Waals surface area contributed by atoms with E-state index in [9.17, 15) is 4.79 Å². The highest BCUT2D eigenvalue weighted by atomic mass is 16.2. The topological polar surface area (TPSA) is 58.4 Å². The van der Waals surface area contributed by atoms with Crippen molar-refractivity contribution in [3.8, 4) is 0 Å². The quantitative estimate of drug-likeness (QED) is 0.789. The molecule has 0 aliphatic carbocycles. The normalized spacial score (nSPS) is 33.7. The minimum atomic E-state index is -0.345. The van der Waals surface area contributed by atoms with Crippen LogP contribution in [0, 0.1) is 5.92 Å². The third-order valence-corrected chi connectivity index (χ3v) is 4.51. The SMILES string of the molecule is CC(C)C[C@H](N)C(=O)NC1C[C@H]2CC[C@@H](C1)N2C. The molecule has 2 fully saturated rings. The van der Waals surface area contributed by atoms with Gasteiger partial charge in [0.1, 0.15) is 0 Å². The van der Waals surface area contributed by atoms with E-state index in [2.05, 4.69) is 31.1 Å². The first-order valence-corrected chi connectivity index (χ1v) is 7.25. The molecule has 2 saturated heterocycles. The summed E-state index contributed by atoms with van der Waals surface area (Å²) in [5, 5.41) is 3.15. The summed E-state index contributed by atoms with van der Waals surface area (Å²) in [5.41, 5.74) is 5.93. The van der Waals surface area contributed by atoms with Crippen molar-refractivity contribution in [2.24, 2.45) is 11.7 Å². The second kappa shape index (κ2) is 5.57. The molecular formula is C14H27N3O. The van der Waals surface area contributed by atoms with E-state index in [1.165, 1.54) is 12.8 Å². The van der Waals surface area contributed by atoms with Crippen molar-refractivity contribution in [3.63, 3.8) is 0 Å². The van der Waals surface area contributed by atoms with E-state index in [1.54, 1.807) is 0 Å². The molecule has 1 unspecified atom stereocenters. The number of rotatable bonds is 4. The highest BCUT2D eigenvalue weighted by molar-refractivity contribution is 5.81. The van der Waals surface area contributed by atoms with Crippen molar-refractivity contribution in [1.29, 1.82) is 0 Å². The summed E-state index contributed by atoms with van der Waals surface area (Å²) in [5.74, 6) is 0.511. The van der Waals surface area contributed by atoms with Gasteiger partial charge < -0.3 is 16.0 Å². The van der Waals surface area contributed by atoms with E-state index in [-0.39, 0.29) is 11.9 Å². The van der Waals surface area contributed by atoms with Crippen molar-refractivity contribution in [2.75, 3.05) is 7.05 Å². The molecule has 2 heterocycles. The average molecular weight is 253 g/mol. The molecule has 4 atom stereocenters. The van der Waals surface area contributed by atoms with Gasteiger partial charge in [-0.1, -0.05) is 13.8 Å². The fourth-order valence-electron chi connectivity index (χ4n) is 3.45. The summed E-state index contributed by atoms with van der Waals surface area (Å²) < 4.78 is 0. The summed E-state index contributed by atoms with van der Waals surface area (Å²) in [6, 6.07) is 1.32. The molecule has 104 valence electrons. The maximum Gasteiger partial charge on any atom is 0.237 e. The average Bonchev–Trinajstić information content (AvgIpc) is 2.51. The zero-order valence-corrected chi connectivity index (χ0v) is 11.9. The van der Waals surface area contributed by atoms with Crippen LogP contribution in [0.2, 0.25) is 0 Å². The van der Waals surface area contributed by atoms with Gasteiger partial charge in [-0.3, -0.25) is 4.79 Å². The molecule has 3 N–H and O–H groups in total. The molecule has 1 amide bonds. The second-order valence-corrected chi connectivity index (χ2v) is 6.46. The number of hydrogen-bond acceptors (Lipinski definition) is 3. The van der Waals surface area contributed by atoms with Gasteiger partial charge in [0.25, 0.3) is 0 Å². The van der Waals surface area contributed by atoms with Crippen molar-refractivity contribution in [1.82, 2.24) is 10.2 Å². The van der Waals surface area contributed by atoms with Crippen LogP contribution in [-0.4, -0.2) is 42.0 Å². The predicted molar refractivity (Wildman–Crippen MR) is 73.2 cm³/mol. The molecule has 2 bridgehead atoms. The molecule has 0 aromatic rings. The Morgan fingerprint density at radius 2 is 1.89 bits per heavy atom. The lowest BCUT2D eigenvalue weighted by molar-refractivity contribution is -0.123. The van der Waals surface area contributed by atoms with Gasteiger partial charge in [-0.25, -0.2) is 0 Å². The number of piperidine rings is 1. The maximum absolute atomic E-state index is 12.0. The fourth-order valence-corrected chi connectivity index (χ4v) is 3.45. The maximum atomic E-state index is 12.0. The zero-order chi connectivity index (χ0) is 13.3. The third kappa shape index (κ3) is 3.04. The predicted octanol–water partition coefficient (Wildman–Crippen LogP) is 1.10. The lowest BCUT2D eigenvalue weighted by Crippen LogP contribution is -2.52. The van der Waals surface area contributed by atoms with Gasteiger partial charge in [0.2, 0.25) is 5.91 Å². The molecule has 0 saturated carbocycles. The molecule has 2 rings (SSSR count). The lowest BCUT2D eigenvalue weighted by Gasteiger charge is -2.37. The van der Waals surface area contributed by atoms with Gasteiger partial charge in [-0.2, -0.15) is 0 Å². The monoisotopic (exact) mass is 253 g/mol. The Balaban J connectivity index is 1.82. The Morgan fingerprint density at radius 1 is 1.33 bits per heavy atom. The number of fused-ring (bicyclic) bond motifs is 2. The summed E-state index contributed by atoms with van der Waals surface area (Å²) in [6.45, 7) is 4.20. The van der Waals surface area contributed by atoms with Crippen molar-refractivity contribution in [2.45, 2.75) is 70.1 Å². The number of amides is 1. The van der Waals surface area contributed by atoms with Crippen LogP contribution >= 0.6 is 0 Å². The summed E-state index contributed by atoms with van der Waals surface area (Å²) in [7, 11) is 2.21. The van der Waals surface area contributed by atoms with Gasteiger partial charge in [0.05, 0.1) is 6.04 Å². The van der Waals surface area contributed by atoms with Gasteiger partial charge >= 0.3 is 0 Å². The highest BCUT2D eigenvalue weighted by Crippen LogP contribution is 2.34. The molecule has 0 spiro atoms. The van der Waals surface area contributed by atoms with E-state index in [0.29, 0.717) is 24.0 Å². The van der Waals surface area contributed by atoms with E-state index in [4.69, 9.17) is 5.73 Å². The Hall–Kier alpha value is -0.610. The number of carbonyl (C=O) groups excluding carboxylic acids is 1. The van der Waals surface area contributed by atoms with E-state index in [0.717, 1.165) is 19.3 Å². The third-order valence-electron chi connectivity index (χ3n) is 4.51. The van der Waals surface area contributed by atoms with Crippen LogP contribution in [0.15, 0.2) is 0 Å². The number of carbonyl (C=O) groups is 1. The van der Waals surface area contributed by atoms with Crippen LogP contribution in [0.25, 0.3) is 0 Å². The largest absolute Gasteiger partial charge is 0.352 e. The van der Waals surface area contributed by atoms with Gasteiger partial charge in [0, 0.05) is 18.1 Å². The van der Waals surface area contributed by atoms with Crippen molar-refractivity contribution >= 4 is 5.91 Å². The van der Waals surface area contributed by atoms with Gasteiger partial charge in [0.15, 0.2) is 0 Å². The molecule has 18 heavy (non-hydrogen) atoms. The van der Waals surface area contributed by atoms with Gasteiger partial charge in [-0.05, 0) is 45.1 Å². The molecular weight excluding hydrogens is 226 g/mol. The Labute approximate surface area is 110 Å². The lowest BCUT2D eigenvalue weighted by atomic mass is 9.97. The zero-order valence-electron chi connectivity index (χ0n) is 11.9. The number of nitrogens with one attached hydrogen (secondary N) is 1. The Bertz CT molecular complexity index is 291. The van der Waals surface area contributed by atoms with Crippen LogP contribution in [-0.2, 0) is 4.79 Å². The summed E-state index contributed by atoms with van der Waals surface area (Å²) in [6.07, 6.45) is 5.52. The van der Waals surface area contributed by atoms with Crippen LogP contribution in [0.5, 0.6) is 0 Å². The van der Waals surface area contributed by atoms with Crippen molar-refractivity contribution in [3.05, 3.63) is 0 Å². The first-order valence-electron chi connectivity index (χ1n) is 7.25. The second-order valence-electron chi connectivity index (χ2n) is 6.46. The summed E-state index contributed by atoms with van der Waals surface area (Å²) in [4.78, 5) is 14.5. The highest BCUT2D eigenvalue weighted by Gasteiger charge is 2.39. The van der Waals surface area contributed by atoms with Crippen LogP contribution in [0.4, 0.5) is 0 Å². The number of hydrogen-bond donors (Lipinski definition) is 2. The summed E-state index contributed by atoms with van der Waals surface area (Å²) >= 11 is 0. The molecule has 0 aromatic heterocycles. The molecule has 4 nitrogen and oxygen atoms in total. The van der Waals surface area contributed by atoms with Gasteiger partial charge in [-0.15, -0.1) is 0 Å². The minimum absolute atomic E-state index is 0.0395. The van der Waals surface area contributed by atoms with Crippen LogP contribution < -0.4 is 11.1 Å². The Morgan fingerprint density at radius 3 is 2.39 bits per heavy atom. The van der Waals surface area contributed by atoms with E-state index >= 15 is 0 Å². The number of nitrogens with two attached hydrogens (primary N) is 1. The first kappa shape index (κ1) is 13.8. The minimum Gasteiger partial charge on any atom is -0.352 e. The van der Waals surface area contributed by atoms with Crippen LogP contribution in [0.3, 0.4) is 0 Å². The standard InChI is InChI=1S/C14H27N3O/c1-9(2)6-13(15)14(18)16-10-7-11-4-5-12(8-10)17(11)3/h9-13H,4-8,15H2,1-3H3,(H,16,18)/t10?,11-,12+,13-/m0/s1. The molecule has 0 radical (unpaired) electrons. The molecule has 2 aliphatic heterocycles. The first-order chi connectivity index (χ1) is 8.47. The molecule has 2 aliphatic rings. The Kier molecular flexibility index (Phi) is 4.28. The van der Waals surface area contributed by atoms with E-state index < -0.39 is 0 Å². The van der Waals surface area contributed by atoms with Crippen LogP contribution in [0.1, 0.15) is 46.0 Å². The smallest absolute Gasteiger partial charge is 0.237 e. The molecule has 4 heteroatoms. The molecule has 0 aromatic carbocycles. The fraction of sp³-hybridized carbons (Fsp3) is 0.929. The number of nitrogens with zero attached hydrogens (tertiary/aromatic N) is 1. The van der Waals surface area contributed by atoms with E-state index in [1.807, 2.05) is 0 Å².